The SMILES string of the molecule is C[C@H]1C[C@@H](Oc2cnn(C)c2)CN1Cc1nc2c(cc1F)OCCO2. The maximum atomic E-state index is 14.3. The minimum atomic E-state index is -0.368. The van der Waals surface area contributed by atoms with Crippen LogP contribution in [0.4, 0.5) is 4.39 Å². The Bertz CT molecular complexity index is 766. The number of fused-ring (bicyclic) bond motifs is 1. The fourth-order valence-corrected chi connectivity index (χ4v) is 3.29. The van der Waals surface area contributed by atoms with Crippen LogP contribution in [0.15, 0.2) is 18.5 Å². The van der Waals surface area contributed by atoms with Crippen LogP contribution in [0, 0.1) is 5.82 Å². The first kappa shape index (κ1) is 16.1. The van der Waals surface area contributed by atoms with Gasteiger partial charge in [0, 0.05) is 38.7 Å². The Labute approximate surface area is 145 Å². The van der Waals surface area contributed by atoms with Gasteiger partial charge in [0.15, 0.2) is 11.5 Å². The van der Waals surface area contributed by atoms with Gasteiger partial charge in [0.05, 0.1) is 18.1 Å². The zero-order valence-corrected chi connectivity index (χ0v) is 14.3. The van der Waals surface area contributed by atoms with Crippen molar-refractivity contribution in [1.82, 2.24) is 19.7 Å². The van der Waals surface area contributed by atoms with Gasteiger partial charge in [-0.3, -0.25) is 9.58 Å². The second-order valence-corrected chi connectivity index (χ2v) is 6.52. The monoisotopic (exact) mass is 348 g/mol. The summed E-state index contributed by atoms with van der Waals surface area (Å²) in [4.78, 5) is 6.47. The molecule has 2 aliphatic heterocycles. The highest BCUT2D eigenvalue weighted by Gasteiger charge is 2.32. The molecule has 0 aliphatic carbocycles. The molecule has 0 N–H and O–H groups in total. The average Bonchev–Trinajstić information content (AvgIpc) is 3.14. The number of likely N-dealkylation sites (tertiary alicyclic amines) is 1. The van der Waals surface area contributed by atoms with Gasteiger partial charge < -0.3 is 14.2 Å². The van der Waals surface area contributed by atoms with Gasteiger partial charge in [-0.1, -0.05) is 0 Å². The van der Waals surface area contributed by atoms with Gasteiger partial charge in [-0.2, -0.15) is 5.10 Å². The molecule has 0 unspecified atom stereocenters. The molecule has 0 aromatic carbocycles. The van der Waals surface area contributed by atoms with Crippen LogP contribution < -0.4 is 14.2 Å². The number of pyridine rings is 1. The first-order valence-corrected chi connectivity index (χ1v) is 8.43. The number of hydrogen-bond donors (Lipinski definition) is 0. The van der Waals surface area contributed by atoms with Crippen LogP contribution in [0.1, 0.15) is 19.0 Å². The van der Waals surface area contributed by atoms with Crippen molar-refractivity contribution in [2.45, 2.75) is 32.0 Å². The van der Waals surface area contributed by atoms with E-state index in [1.165, 1.54) is 6.07 Å². The number of aromatic nitrogens is 3. The summed E-state index contributed by atoms with van der Waals surface area (Å²) in [6.45, 7) is 4.10. The van der Waals surface area contributed by atoms with Gasteiger partial charge in [0.2, 0.25) is 0 Å². The minimum absolute atomic E-state index is 0.0551. The van der Waals surface area contributed by atoms with Gasteiger partial charge in [-0.25, -0.2) is 9.37 Å². The van der Waals surface area contributed by atoms with E-state index in [-0.39, 0.29) is 18.0 Å². The van der Waals surface area contributed by atoms with Crippen LogP contribution in [0.3, 0.4) is 0 Å². The van der Waals surface area contributed by atoms with Crippen molar-refractivity contribution in [3.63, 3.8) is 0 Å². The summed E-state index contributed by atoms with van der Waals surface area (Å²) in [5.74, 6) is 1.13. The Morgan fingerprint density at radius 1 is 1.36 bits per heavy atom. The predicted molar refractivity (Wildman–Crippen MR) is 87.3 cm³/mol. The molecule has 2 aliphatic rings. The van der Waals surface area contributed by atoms with E-state index in [2.05, 4.69) is 21.9 Å². The maximum absolute atomic E-state index is 14.3. The molecular formula is C17H21FN4O3. The smallest absolute Gasteiger partial charge is 0.257 e. The Morgan fingerprint density at radius 2 is 2.20 bits per heavy atom. The fourth-order valence-electron chi connectivity index (χ4n) is 3.29. The number of hydrogen-bond acceptors (Lipinski definition) is 6. The number of ether oxygens (including phenoxy) is 3. The lowest BCUT2D eigenvalue weighted by Gasteiger charge is -2.22. The van der Waals surface area contributed by atoms with Crippen LogP contribution in [0.25, 0.3) is 0 Å². The zero-order chi connectivity index (χ0) is 17.4. The zero-order valence-electron chi connectivity index (χ0n) is 14.3. The molecule has 0 saturated carbocycles. The summed E-state index contributed by atoms with van der Waals surface area (Å²) in [6.07, 6.45) is 4.48. The van der Waals surface area contributed by atoms with Gasteiger partial charge in [0.25, 0.3) is 5.88 Å². The van der Waals surface area contributed by atoms with Crippen LogP contribution in [0.2, 0.25) is 0 Å². The van der Waals surface area contributed by atoms with Crippen molar-refractivity contribution in [3.8, 4) is 17.4 Å². The summed E-state index contributed by atoms with van der Waals surface area (Å²) < 4.78 is 32.8. The van der Waals surface area contributed by atoms with Crippen molar-refractivity contribution in [2.75, 3.05) is 19.8 Å². The Kier molecular flexibility index (Phi) is 4.20. The van der Waals surface area contributed by atoms with Crippen molar-refractivity contribution in [1.29, 1.82) is 0 Å². The van der Waals surface area contributed by atoms with E-state index in [9.17, 15) is 4.39 Å². The third-order valence-corrected chi connectivity index (χ3v) is 4.56. The molecule has 8 heteroatoms. The molecule has 0 bridgehead atoms. The quantitative estimate of drug-likeness (QED) is 0.839. The van der Waals surface area contributed by atoms with E-state index < -0.39 is 0 Å². The summed E-state index contributed by atoms with van der Waals surface area (Å²) in [5, 5.41) is 4.11. The molecular weight excluding hydrogens is 327 g/mol. The Morgan fingerprint density at radius 3 is 3.00 bits per heavy atom. The third-order valence-electron chi connectivity index (χ3n) is 4.56. The van der Waals surface area contributed by atoms with E-state index in [1.54, 1.807) is 10.9 Å². The van der Waals surface area contributed by atoms with Crippen molar-refractivity contribution in [2.24, 2.45) is 7.05 Å². The van der Waals surface area contributed by atoms with E-state index in [1.807, 2.05) is 13.2 Å². The largest absolute Gasteiger partial charge is 0.486 e. The first-order valence-electron chi connectivity index (χ1n) is 8.43. The number of rotatable bonds is 4. The third kappa shape index (κ3) is 3.39. The Balaban J connectivity index is 1.44. The summed E-state index contributed by atoms with van der Waals surface area (Å²) >= 11 is 0. The second kappa shape index (κ2) is 6.51. The molecule has 2 aromatic heterocycles. The molecule has 134 valence electrons. The lowest BCUT2D eigenvalue weighted by atomic mass is 10.2. The fraction of sp³-hybridized carbons (Fsp3) is 0.529. The standard InChI is InChI=1S/C17H21FN4O3/c1-11-5-12(25-13-7-19-21(2)8-13)9-22(11)10-15-14(18)6-16-17(20-15)24-4-3-23-16/h6-8,11-12H,3-5,9-10H2,1-2H3/t11-,12+/m0/s1. The normalized spacial score (nSPS) is 23.0. The minimum Gasteiger partial charge on any atom is -0.486 e. The second-order valence-electron chi connectivity index (χ2n) is 6.52. The molecule has 1 fully saturated rings. The highest BCUT2D eigenvalue weighted by Crippen LogP contribution is 2.31. The maximum Gasteiger partial charge on any atom is 0.257 e. The van der Waals surface area contributed by atoms with E-state index in [4.69, 9.17) is 14.2 Å². The van der Waals surface area contributed by atoms with Gasteiger partial charge in [-0.05, 0) is 6.92 Å². The average molecular weight is 348 g/mol. The van der Waals surface area contributed by atoms with Crippen molar-refractivity contribution in [3.05, 3.63) is 30.0 Å². The highest BCUT2D eigenvalue weighted by molar-refractivity contribution is 5.36. The van der Waals surface area contributed by atoms with E-state index >= 15 is 0 Å². The van der Waals surface area contributed by atoms with Crippen molar-refractivity contribution < 1.29 is 18.6 Å². The van der Waals surface area contributed by atoms with Gasteiger partial charge in [-0.15, -0.1) is 0 Å². The van der Waals surface area contributed by atoms with Gasteiger partial charge in [0.1, 0.15) is 25.1 Å². The molecule has 2 atom stereocenters. The topological polar surface area (TPSA) is 61.6 Å². The van der Waals surface area contributed by atoms with E-state index in [0.717, 1.165) is 12.2 Å². The summed E-state index contributed by atoms with van der Waals surface area (Å²) in [6, 6.07) is 1.64. The number of halogens is 1. The predicted octanol–water partition coefficient (Wildman–Crippen LogP) is 1.77. The van der Waals surface area contributed by atoms with Crippen LogP contribution >= 0.6 is 0 Å². The summed E-state index contributed by atoms with van der Waals surface area (Å²) in [5.41, 5.74) is 0.373. The van der Waals surface area contributed by atoms with Crippen LogP contribution in [0.5, 0.6) is 17.4 Å². The van der Waals surface area contributed by atoms with Gasteiger partial charge >= 0.3 is 0 Å². The molecule has 25 heavy (non-hydrogen) atoms. The number of aryl methyl sites for hydroxylation is 1. The molecule has 4 heterocycles. The highest BCUT2D eigenvalue weighted by atomic mass is 19.1. The number of nitrogens with zero attached hydrogens (tertiary/aromatic N) is 4. The molecule has 0 amide bonds. The van der Waals surface area contributed by atoms with Crippen molar-refractivity contribution >= 4 is 0 Å². The molecule has 1 saturated heterocycles. The molecule has 7 nitrogen and oxygen atoms in total. The Hall–Kier alpha value is -2.35. The lowest BCUT2D eigenvalue weighted by Crippen LogP contribution is -2.29. The first-order chi connectivity index (χ1) is 12.1. The molecule has 0 radical (unpaired) electrons. The summed E-state index contributed by atoms with van der Waals surface area (Å²) in [7, 11) is 1.85. The lowest BCUT2D eigenvalue weighted by molar-refractivity contribution is 0.160. The van der Waals surface area contributed by atoms with E-state index in [0.29, 0.717) is 43.6 Å². The molecule has 2 aromatic rings. The molecule has 4 rings (SSSR count). The molecule has 0 spiro atoms. The van der Waals surface area contributed by atoms with Crippen LogP contribution in [-0.4, -0.2) is 51.6 Å². The van der Waals surface area contributed by atoms with Crippen LogP contribution in [-0.2, 0) is 13.6 Å².